The molecule has 0 spiro atoms. The lowest BCUT2D eigenvalue weighted by atomic mass is 10.1. The third-order valence-corrected chi connectivity index (χ3v) is 2.53. The smallest absolute Gasteiger partial charge is 0.416 e. The van der Waals surface area contributed by atoms with Crippen LogP contribution in [0.25, 0.3) is 0 Å². The summed E-state index contributed by atoms with van der Waals surface area (Å²) in [5.41, 5.74) is -0.971. The summed E-state index contributed by atoms with van der Waals surface area (Å²) in [7, 11) is 0. The first kappa shape index (κ1) is 16.0. The van der Waals surface area contributed by atoms with Crippen LogP contribution in [-0.4, -0.2) is 28.1 Å². The van der Waals surface area contributed by atoms with Crippen LogP contribution in [-0.2, 0) is 15.8 Å². The Labute approximate surface area is 112 Å². The first-order chi connectivity index (χ1) is 9.12. The minimum atomic E-state index is -4.51. The van der Waals surface area contributed by atoms with Gasteiger partial charge in [0.05, 0.1) is 5.56 Å². The van der Waals surface area contributed by atoms with E-state index in [1.165, 1.54) is 6.92 Å². The van der Waals surface area contributed by atoms with Gasteiger partial charge in [-0.25, -0.2) is 0 Å². The fourth-order valence-electron chi connectivity index (χ4n) is 1.36. The quantitative estimate of drug-likeness (QED) is 0.781. The lowest BCUT2D eigenvalue weighted by Crippen LogP contribution is -2.41. The number of hydrogen-bond donors (Lipinski definition) is 3. The van der Waals surface area contributed by atoms with E-state index < -0.39 is 35.8 Å². The minimum Gasteiger partial charge on any atom is -0.480 e. The SMILES string of the molecule is C[C@H](NC(=O)[C@H](O)c1ccc(C(F)(F)F)cc1)C(=O)O. The molecule has 0 aliphatic heterocycles. The maximum absolute atomic E-state index is 12.3. The first-order valence-corrected chi connectivity index (χ1v) is 5.51. The lowest BCUT2D eigenvalue weighted by molar-refractivity contribution is -0.143. The van der Waals surface area contributed by atoms with Crippen LogP contribution in [0.3, 0.4) is 0 Å². The van der Waals surface area contributed by atoms with Gasteiger partial charge in [0.25, 0.3) is 5.91 Å². The molecule has 0 bridgehead atoms. The Balaban J connectivity index is 2.80. The molecule has 110 valence electrons. The standard InChI is InChI=1S/C12H12F3NO4/c1-6(11(19)20)16-10(18)9(17)7-2-4-8(5-3-7)12(13,14)15/h2-6,9,17H,1H3,(H,16,18)(H,19,20)/t6-,9+/m0/s1. The normalized spacial score (nSPS) is 14.4. The molecule has 0 saturated heterocycles. The molecule has 0 aromatic heterocycles. The van der Waals surface area contributed by atoms with Crippen molar-refractivity contribution in [3.05, 3.63) is 35.4 Å². The average Bonchev–Trinajstić information content (AvgIpc) is 2.36. The van der Waals surface area contributed by atoms with Crippen molar-refractivity contribution in [2.75, 3.05) is 0 Å². The van der Waals surface area contributed by atoms with Crippen LogP contribution in [0.2, 0.25) is 0 Å². The molecule has 0 aliphatic carbocycles. The first-order valence-electron chi connectivity index (χ1n) is 5.51. The molecule has 1 aromatic rings. The number of aliphatic hydroxyl groups excluding tert-OH is 1. The van der Waals surface area contributed by atoms with E-state index in [1.54, 1.807) is 0 Å². The van der Waals surface area contributed by atoms with E-state index >= 15 is 0 Å². The average molecular weight is 291 g/mol. The molecule has 2 atom stereocenters. The summed E-state index contributed by atoms with van der Waals surface area (Å²) in [6.07, 6.45) is -6.25. The maximum atomic E-state index is 12.3. The fraction of sp³-hybridized carbons (Fsp3) is 0.333. The summed E-state index contributed by atoms with van der Waals surface area (Å²) in [5.74, 6) is -2.29. The molecule has 20 heavy (non-hydrogen) atoms. The second kappa shape index (κ2) is 5.91. The second-order valence-electron chi connectivity index (χ2n) is 4.09. The van der Waals surface area contributed by atoms with Gasteiger partial charge >= 0.3 is 12.1 Å². The number of halogens is 3. The Hall–Kier alpha value is -2.09. The van der Waals surface area contributed by atoms with E-state index in [2.05, 4.69) is 0 Å². The number of carbonyl (C=O) groups excluding carboxylic acids is 1. The van der Waals surface area contributed by atoms with Crippen molar-refractivity contribution >= 4 is 11.9 Å². The van der Waals surface area contributed by atoms with E-state index in [4.69, 9.17) is 5.11 Å². The number of alkyl halides is 3. The number of rotatable bonds is 4. The van der Waals surface area contributed by atoms with Crippen molar-refractivity contribution in [1.82, 2.24) is 5.32 Å². The van der Waals surface area contributed by atoms with Gasteiger partial charge in [0.2, 0.25) is 0 Å². The number of aliphatic hydroxyl groups is 1. The third kappa shape index (κ3) is 3.95. The van der Waals surface area contributed by atoms with Crippen LogP contribution < -0.4 is 5.32 Å². The zero-order valence-electron chi connectivity index (χ0n) is 10.3. The zero-order chi connectivity index (χ0) is 15.5. The number of benzene rings is 1. The van der Waals surface area contributed by atoms with Crippen LogP contribution in [0, 0.1) is 0 Å². The van der Waals surface area contributed by atoms with Crippen LogP contribution >= 0.6 is 0 Å². The van der Waals surface area contributed by atoms with Gasteiger partial charge in [0, 0.05) is 0 Å². The van der Waals surface area contributed by atoms with Gasteiger partial charge in [-0.15, -0.1) is 0 Å². The number of carboxylic acid groups (broad SMARTS) is 1. The highest BCUT2D eigenvalue weighted by atomic mass is 19.4. The molecule has 0 aliphatic rings. The van der Waals surface area contributed by atoms with Crippen molar-refractivity contribution in [1.29, 1.82) is 0 Å². The van der Waals surface area contributed by atoms with Crippen molar-refractivity contribution in [2.45, 2.75) is 25.2 Å². The van der Waals surface area contributed by atoms with Gasteiger partial charge in [-0.2, -0.15) is 13.2 Å². The third-order valence-electron chi connectivity index (χ3n) is 2.53. The lowest BCUT2D eigenvalue weighted by Gasteiger charge is -2.15. The van der Waals surface area contributed by atoms with E-state index in [0.717, 1.165) is 24.3 Å². The number of nitrogens with one attached hydrogen (secondary N) is 1. The monoisotopic (exact) mass is 291 g/mol. The molecule has 0 unspecified atom stereocenters. The molecular weight excluding hydrogens is 279 g/mol. The number of hydrogen-bond acceptors (Lipinski definition) is 3. The Morgan fingerprint density at radius 2 is 1.70 bits per heavy atom. The molecule has 3 N–H and O–H groups in total. The Morgan fingerprint density at radius 1 is 1.20 bits per heavy atom. The van der Waals surface area contributed by atoms with Gasteiger partial charge in [-0.1, -0.05) is 12.1 Å². The van der Waals surface area contributed by atoms with E-state index in [1.807, 2.05) is 5.32 Å². The molecule has 1 rings (SSSR count). The maximum Gasteiger partial charge on any atom is 0.416 e. The van der Waals surface area contributed by atoms with E-state index in [9.17, 15) is 27.9 Å². The predicted octanol–water partition coefficient (Wildman–Crippen LogP) is 1.33. The second-order valence-corrected chi connectivity index (χ2v) is 4.09. The molecule has 8 heteroatoms. The molecule has 0 fully saturated rings. The van der Waals surface area contributed by atoms with Gasteiger partial charge in [0.15, 0.2) is 6.10 Å². The summed E-state index contributed by atoms with van der Waals surface area (Å²) in [5, 5.41) is 20.2. The number of amides is 1. The Bertz CT molecular complexity index is 498. The molecule has 5 nitrogen and oxygen atoms in total. The molecule has 0 radical (unpaired) electrons. The molecule has 0 saturated carbocycles. The molecule has 0 heterocycles. The van der Waals surface area contributed by atoms with Crippen LogP contribution in [0.1, 0.15) is 24.2 Å². The molecular formula is C12H12F3NO4. The largest absolute Gasteiger partial charge is 0.480 e. The van der Waals surface area contributed by atoms with Crippen LogP contribution in [0.15, 0.2) is 24.3 Å². The highest BCUT2D eigenvalue weighted by Crippen LogP contribution is 2.29. The molecule has 1 amide bonds. The number of carbonyl (C=O) groups is 2. The topological polar surface area (TPSA) is 86.6 Å². The Kier molecular flexibility index (Phi) is 4.72. The summed E-state index contributed by atoms with van der Waals surface area (Å²) in [6, 6.07) is 2.15. The van der Waals surface area contributed by atoms with E-state index in [0.29, 0.717) is 0 Å². The summed E-state index contributed by atoms with van der Waals surface area (Å²) >= 11 is 0. The van der Waals surface area contributed by atoms with Crippen molar-refractivity contribution in [3.8, 4) is 0 Å². The predicted molar refractivity (Wildman–Crippen MR) is 61.6 cm³/mol. The van der Waals surface area contributed by atoms with Gasteiger partial charge < -0.3 is 15.5 Å². The summed E-state index contributed by atoms with van der Waals surface area (Å²) in [4.78, 5) is 22.0. The van der Waals surface area contributed by atoms with Gasteiger partial charge in [0.1, 0.15) is 6.04 Å². The van der Waals surface area contributed by atoms with Gasteiger partial charge in [-0.3, -0.25) is 9.59 Å². The fourth-order valence-corrected chi connectivity index (χ4v) is 1.36. The highest BCUT2D eigenvalue weighted by Gasteiger charge is 2.30. The number of carboxylic acids is 1. The van der Waals surface area contributed by atoms with Crippen molar-refractivity contribution < 1.29 is 33.0 Å². The summed E-state index contributed by atoms with van der Waals surface area (Å²) < 4.78 is 37.0. The van der Waals surface area contributed by atoms with Crippen molar-refractivity contribution in [3.63, 3.8) is 0 Å². The summed E-state index contributed by atoms with van der Waals surface area (Å²) in [6.45, 7) is 1.19. The van der Waals surface area contributed by atoms with Crippen LogP contribution in [0.4, 0.5) is 13.2 Å². The van der Waals surface area contributed by atoms with E-state index in [-0.39, 0.29) is 5.56 Å². The molecule has 1 aromatic carbocycles. The van der Waals surface area contributed by atoms with Gasteiger partial charge in [-0.05, 0) is 24.6 Å². The zero-order valence-corrected chi connectivity index (χ0v) is 10.3. The Morgan fingerprint density at radius 3 is 2.10 bits per heavy atom. The van der Waals surface area contributed by atoms with Crippen LogP contribution in [0.5, 0.6) is 0 Å². The minimum absolute atomic E-state index is 0.0620. The van der Waals surface area contributed by atoms with Crippen molar-refractivity contribution in [2.24, 2.45) is 0 Å². The number of aliphatic carboxylic acids is 1. The highest BCUT2D eigenvalue weighted by molar-refractivity contribution is 5.86.